The summed E-state index contributed by atoms with van der Waals surface area (Å²) in [4.78, 5) is 0. The Morgan fingerprint density at radius 2 is 0.936 bits per heavy atom. The van der Waals surface area contributed by atoms with Crippen LogP contribution in [0.4, 0.5) is 0 Å². The Morgan fingerprint density at radius 1 is 0.511 bits per heavy atom. The first-order chi connectivity index (χ1) is 23.3. The molecular formula is C41H42O6. The first kappa shape index (κ1) is 32.8. The summed E-state index contributed by atoms with van der Waals surface area (Å²) in [6.45, 7) is 1.47. The van der Waals surface area contributed by atoms with Crippen LogP contribution in [0.25, 0.3) is 0 Å². The molecule has 5 atom stereocenters. The fourth-order valence-corrected chi connectivity index (χ4v) is 5.90. The third kappa shape index (κ3) is 9.02. The van der Waals surface area contributed by atoms with E-state index in [0.29, 0.717) is 19.8 Å². The molecule has 1 heterocycles. The average Bonchev–Trinajstić information content (AvgIpc) is 3.14. The van der Waals surface area contributed by atoms with Gasteiger partial charge in [-0.2, -0.15) is 0 Å². The Hall–Kier alpha value is -4.14. The number of hydrogen-bond donors (Lipinski definition) is 0. The molecule has 6 nitrogen and oxygen atoms in total. The molecule has 0 spiro atoms. The van der Waals surface area contributed by atoms with Crippen LogP contribution in [0.2, 0.25) is 0 Å². The minimum atomic E-state index is -0.743. The lowest BCUT2D eigenvalue weighted by Crippen LogP contribution is -2.61. The van der Waals surface area contributed by atoms with E-state index in [-0.39, 0.29) is 6.61 Å². The maximum absolute atomic E-state index is 7.08. The Kier molecular flexibility index (Phi) is 12.0. The van der Waals surface area contributed by atoms with Gasteiger partial charge in [0.1, 0.15) is 30.5 Å². The molecule has 242 valence electrons. The highest BCUT2D eigenvalue weighted by molar-refractivity contribution is 5.30. The second-order valence-electron chi connectivity index (χ2n) is 11.6. The van der Waals surface area contributed by atoms with Crippen LogP contribution < -0.4 is 0 Å². The molecule has 5 aromatic rings. The minimum absolute atomic E-state index is 0.285. The number of ether oxygens (including phenoxy) is 6. The van der Waals surface area contributed by atoms with Crippen molar-refractivity contribution in [1.29, 1.82) is 0 Å². The van der Waals surface area contributed by atoms with Gasteiger partial charge >= 0.3 is 0 Å². The van der Waals surface area contributed by atoms with E-state index < -0.39 is 36.8 Å². The average molecular weight is 631 g/mol. The van der Waals surface area contributed by atoms with Crippen molar-refractivity contribution in [1.82, 2.24) is 0 Å². The van der Waals surface area contributed by atoms with E-state index in [2.05, 4.69) is 48.5 Å². The molecular weight excluding hydrogens is 588 g/mol. The van der Waals surface area contributed by atoms with Crippen molar-refractivity contribution in [2.75, 3.05) is 13.7 Å². The molecule has 0 unspecified atom stereocenters. The van der Waals surface area contributed by atoms with Crippen LogP contribution in [0.1, 0.15) is 33.9 Å². The van der Waals surface area contributed by atoms with Crippen molar-refractivity contribution in [3.8, 4) is 0 Å². The van der Waals surface area contributed by atoms with E-state index in [1.165, 1.54) is 0 Å². The zero-order valence-electron chi connectivity index (χ0n) is 26.7. The third-order valence-corrected chi connectivity index (χ3v) is 8.29. The molecule has 0 radical (unpaired) electrons. The largest absolute Gasteiger partial charge is 0.374 e. The normalized spacial score (nSPS) is 21.1. The van der Waals surface area contributed by atoms with Crippen molar-refractivity contribution in [3.63, 3.8) is 0 Å². The predicted molar refractivity (Wildman–Crippen MR) is 181 cm³/mol. The molecule has 0 saturated carbocycles. The van der Waals surface area contributed by atoms with Gasteiger partial charge in [0.2, 0.25) is 0 Å². The van der Waals surface area contributed by atoms with E-state index in [1.54, 1.807) is 7.11 Å². The Labute approximate surface area is 277 Å². The third-order valence-electron chi connectivity index (χ3n) is 8.29. The highest BCUT2D eigenvalue weighted by Gasteiger charge is 2.49. The van der Waals surface area contributed by atoms with Gasteiger partial charge in [-0.1, -0.05) is 152 Å². The first-order valence-electron chi connectivity index (χ1n) is 16.1. The summed E-state index contributed by atoms with van der Waals surface area (Å²) >= 11 is 0. The summed E-state index contributed by atoms with van der Waals surface area (Å²) in [5, 5.41) is 0. The van der Waals surface area contributed by atoms with E-state index >= 15 is 0 Å². The van der Waals surface area contributed by atoms with Gasteiger partial charge in [-0.25, -0.2) is 0 Å². The van der Waals surface area contributed by atoms with Crippen molar-refractivity contribution >= 4 is 0 Å². The fraction of sp³-hybridized carbons (Fsp3) is 0.268. The van der Waals surface area contributed by atoms with Crippen LogP contribution in [0.3, 0.4) is 0 Å². The standard InChI is InChI=1S/C41H42O6/c1-42-41-40(47-37(34-23-13-5-14-24-34)35-25-15-6-16-26-35)39(45-29-33-21-11-4-12-22-33)38(44-28-32-19-9-3-10-20-32)36(46-41)30-43-27-31-17-7-2-8-18-31/h2-26,36-41H,27-30H2,1H3/t36-,38-,39+,40-,41-/m1/s1. The summed E-state index contributed by atoms with van der Waals surface area (Å²) in [6.07, 6.45) is -3.35. The van der Waals surface area contributed by atoms with Crippen LogP contribution in [0.5, 0.6) is 0 Å². The maximum Gasteiger partial charge on any atom is 0.186 e. The molecule has 1 aliphatic rings. The quantitative estimate of drug-likeness (QED) is 0.117. The van der Waals surface area contributed by atoms with Crippen molar-refractivity contribution < 1.29 is 28.4 Å². The van der Waals surface area contributed by atoms with E-state index in [0.717, 1.165) is 27.8 Å². The van der Waals surface area contributed by atoms with E-state index in [1.807, 2.05) is 103 Å². The van der Waals surface area contributed by atoms with Crippen molar-refractivity contribution in [2.45, 2.75) is 56.6 Å². The molecule has 1 fully saturated rings. The molecule has 0 N–H and O–H groups in total. The second-order valence-corrected chi connectivity index (χ2v) is 11.6. The van der Waals surface area contributed by atoms with Gasteiger partial charge in [0.15, 0.2) is 6.29 Å². The lowest BCUT2D eigenvalue weighted by atomic mass is 9.96. The van der Waals surface area contributed by atoms with Crippen molar-refractivity contribution in [3.05, 3.63) is 179 Å². The smallest absolute Gasteiger partial charge is 0.186 e. The molecule has 0 aromatic heterocycles. The summed E-state index contributed by atoms with van der Waals surface area (Å²) in [5.74, 6) is 0. The van der Waals surface area contributed by atoms with Gasteiger partial charge < -0.3 is 28.4 Å². The van der Waals surface area contributed by atoms with Crippen LogP contribution in [0.15, 0.2) is 152 Å². The summed E-state index contributed by atoms with van der Waals surface area (Å²) in [6, 6.07) is 50.8. The van der Waals surface area contributed by atoms with Gasteiger partial charge in [0, 0.05) is 7.11 Å². The number of rotatable bonds is 15. The van der Waals surface area contributed by atoms with Crippen LogP contribution in [-0.4, -0.2) is 44.4 Å². The first-order valence-corrected chi connectivity index (χ1v) is 16.1. The fourth-order valence-electron chi connectivity index (χ4n) is 5.90. The van der Waals surface area contributed by atoms with Gasteiger partial charge in [-0.3, -0.25) is 0 Å². The highest BCUT2D eigenvalue weighted by Crippen LogP contribution is 2.36. The van der Waals surface area contributed by atoms with Gasteiger partial charge in [0.25, 0.3) is 0 Å². The van der Waals surface area contributed by atoms with Crippen LogP contribution in [-0.2, 0) is 48.2 Å². The van der Waals surface area contributed by atoms with E-state index in [9.17, 15) is 0 Å². The van der Waals surface area contributed by atoms with Crippen LogP contribution >= 0.6 is 0 Å². The predicted octanol–water partition coefficient (Wildman–Crippen LogP) is 7.92. The van der Waals surface area contributed by atoms with Gasteiger partial charge in [0.05, 0.1) is 26.4 Å². The topological polar surface area (TPSA) is 55.4 Å². The lowest BCUT2D eigenvalue weighted by molar-refractivity contribution is -0.326. The summed E-state index contributed by atoms with van der Waals surface area (Å²) in [7, 11) is 1.64. The van der Waals surface area contributed by atoms with E-state index in [4.69, 9.17) is 28.4 Å². The van der Waals surface area contributed by atoms with Gasteiger partial charge in [-0.05, 0) is 27.8 Å². The number of hydrogen-bond acceptors (Lipinski definition) is 6. The zero-order chi connectivity index (χ0) is 32.1. The monoisotopic (exact) mass is 630 g/mol. The molecule has 1 saturated heterocycles. The number of methoxy groups -OCH3 is 1. The molecule has 1 aliphatic heterocycles. The molecule has 6 heteroatoms. The maximum atomic E-state index is 7.08. The van der Waals surface area contributed by atoms with Crippen LogP contribution in [0, 0.1) is 0 Å². The minimum Gasteiger partial charge on any atom is -0.374 e. The van der Waals surface area contributed by atoms with Crippen molar-refractivity contribution in [2.24, 2.45) is 0 Å². The second kappa shape index (κ2) is 17.1. The molecule has 5 aromatic carbocycles. The molecule has 6 rings (SSSR count). The van der Waals surface area contributed by atoms with Gasteiger partial charge in [-0.15, -0.1) is 0 Å². The molecule has 0 bridgehead atoms. The lowest BCUT2D eigenvalue weighted by Gasteiger charge is -2.46. The Balaban J connectivity index is 1.33. The zero-order valence-corrected chi connectivity index (χ0v) is 26.7. The molecule has 0 amide bonds. The SMILES string of the molecule is CO[C@@H]1O[C@H](COCc2ccccc2)[C@@H](OCc2ccccc2)[C@H](OCc2ccccc2)[C@H]1OC(c1ccccc1)c1ccccc1. The Morgan fingerprint density at radius 3 is 1.40 bits per heavy atom. The molecule has 47 heavy (non-hydrogen) atoms. The Bertz CT molecular complexity index is 1530. The highest BCUT2D eigenvalue weighted by atomic mass is 16.7. The molecule has 0 aliphatic carbocycles. The summed E-state index contributed by atoms with van der Waals surface area (Å²) < 4.78 is 39.6. The summed E-state index contributed by atoms with van der Waals surface area (Å²) in [5.41, 5.74) is 5.22. The number of benzene rings is 5.